The molecule has 0 amide bonds. The van der Waals surface area contributed by atoms with E-state index in [2.05, 4.69) is 16.8 Å². The Morgan fingerprint density at radius 3 is 2.56 bits per heavy atom. The molecule has 130 valence electrons. The highest BCUT2D eigenvalue weighted by atomic mass is 32.2. The van der Waals surface area contributed by atoms with Crippen LogP contribution < -0.4 is 15.0 Å². The SMILES string of the molecule is C=C(NNS(=O)(=O)c1ccc(OCC)cc1)c1cc2ccccc2o1. The third-order valence-corrected chi connectivity index (χ3v) is 4.77. The Bertz CT molecular complexity index is 958. The van der Waals surface area contributed by atoms with Gasteiger partial charge in [-0.05, 0) is 43.3 Å². The molecule has 25 heavy (non-hydrogen) atoms. The fraction of sp³-hybridized carbons (Fsp3) is 0.111. The van der Waals surface area contributed by atoms with Gasteiger partial charge >= 0.3 is 0 Å². The zero-order valence-corrected chi connectivity index (χ0v) is 14.5. The van der Waals surface area contributed by atoms with Gasteiger partial charge in [-0.3, -0.25) is 0 Å². The first-order valence-electron chi connectivity index (χ1n) is 7.68. The van der Waals surface area contributed by atoms with Gasteiger partial charge < -0.3 is 14.6 Å². The highest BCUT2D eigenvalue weighted by molar-refractivity contribution is 7.89. The molecule has 0 saturated heterocycles. The van der Waals surface area contributed by atoms with Crippen LogP contribution in [0.25, 0.3) is 16.7 Å². The number of rotatable bonds is 7. The fourth-order valence-electron chi connectivity index (χ4n) is 2.26. The Kier molecular flexibility index (Phi) is 4.78. The van der Waals surface area contributed by atoms with Crippen molar-refractivity contribution in [2.24, 2.45) is 0 Å². The highest BCUT2D eigenvalue weighted by Gasteiger charge is 2.15. The molecule has 0 aliphatic rings. The first-order valence-corrected chi connectivity index (χ1v) is 9.16. The lowest BCUT2D eigenvalue weighted by Gasteiger charge is -2.10. The summed E-state index contributed by atoms with van der Waals surface area (Å²) in [5.41, 5.74) is 3.60. The predicted molar refractivity (Wildman–Crippen MR) is 96.3 cm³/mol. The summed E-state index contributed by atoms with van der Waals surface area (Å²) in [5, 5.41) is 0.912. The van der Waals surface area contributed by atoms with Gasteiger partial charge in [-0.1, -0.05) is 24.8 Å². The van der Waals surface area contributed by atoms with Gasteiger partial charge in [0.25, 0.3) is 10.0 Å². The molecule has 6 nitrogen and oxygen atoms in total. The lowest BCUT2D eigenvalue weighted by atomic mass is 10.2. The van der Waals surface area contributed by atoms with E-state index in [1.54, 1.807) is 18.2 Å². The zero-order chi connectivity index (χ0) is 17.9. The van der Waals surface area contributed by atoms with Crippen LogP contribution in [0.3, 0.4) is 0 Å². The topological polar surface area (TPSA) is 80.6 Å². The maximum atomic E-state index is 12.3. The second kappa shape index (κ2) is 7.00. The van der Waals surface area contributed by atoms with Crippen molar-refractivity contribution < 1.29 is 17.6 Å². The van der Waals surface area contributed by atoms with Crippen molar-refractivity contribution in [3.05, 3.63) is 66.9 Å². The molecule has 0 unspecified atom stereocenters. The van der Waals surface area contributed by atoms with E-state index >= 15 is 0 Å². The average Bonchev–Trinajstić information content (AvgIpc) is 3.05. The number of para-hydroxylation sites is 1. The van der Waals surface area contributed by atoms with E-state index in [0.29, 0.717) is 29.4 Å². The highest BCUT2D eigenvalue weighted by Crippen LogP contribution is 2.22. The summed E-state index contributed by atoms with van der Waals surface area (Å²) in [6.07, 6.45) is 0. The van der Waals surface area contributed by atoms with E-state index in [-0.39, 0.29) is 4.90 Å². The van der Waals surface area contributed by atoms with Gasteiger partial charge in [0.15, 0.2) is 5.76 Å². The normalized spacial score (nSPS) is 11.4. The summed E-state index contributed by atoms with van der Waals surface area (Å²) in [5.74, 6) is 1.07. The van der Waals surface area contributed by atoms with Crippen molar-refractivity contribution in [2.45, 2.75) is 11.8 Å². The van der Waals surface area contributed by atoms with E-state index in [1.807, 2.05) is 31.2 Å². The van der Waals surface area contributed by atoms with Gasteiger partial charge in [-0.2, -0.15) is 0 Å². The van der Waals surface area contributed by atoms with E-state index in [0.717, 1.165) is 5.39 Å². The number of benzene rings is 2. The number of furan rings is 1. The molecular formula is C18H18N2O4S. The van der Waals surface area contributed by atoms with Crippen molar-refractivity contribution in [3.63, 3.8) is 0 Å². The van der Waals surface area contributed by atoms with Gasteiger partial charge in [-0.15, -0.1) is 4.83 Å². The second-order valence-electron chi connectivity index (χ2n) is 5.26. The molecule has 2 aromatic carbocycles. The predicted octanol–water partition coefficient (Wildman–Crippen LogP) is 3.29. The molecule has 1 heterocycles. The first kappa shape index (κ1) is 17.1. The van der Waals surface area contributed by atoms with Crippen molar-refractivity contribution in [1.29, 1.82) is 0 Å². The number of hydrogen-bond acceptors (Lipinski definition) is 5. The van der Waals surface area contributed by atoms with Crippen LogP contribution in [0.4, 0.5) is 0 Å². The number of sulfonamides is 1. The minimum absolute atomic E-state index is 0.112. The largest absolute Gasteiger partial charge is 0.494 e. The van der Waals surface area contributed by atoms with E-state index in [9.17, 15) is 8.42 Å². The first-order chi connectivity index (χ1) is 12.0. The third-order valence-electron chi connectivity index (χ3n) is 3.50. The van der Waals surface area contributed by atoms with Gasteiger partial charge in [0.2, 0.25) is 0 Å². The summed E-state index contributed by atoms with van der Waals surface area (Å²) >= 11 is 0. The maximum absolute atomic E-state index is 12.3. The third kappa shape index (κ3) is 3.84. The summed E-state index contributed by atoms with van der Waals surface area (Å²) in [7, 11) is -3.74. The van der Waals surface area contributed by atoms with Crippen LogP contribution in [0.5, 0.6) is 5.75 Å². The maximum Gasteiger partial charge on any atom is 0.257 e. The van der Waals surface area contributed by atoms with E-state index < -0.39 is 10.0 Å². The monoisotopic (exact) mass is 358 g/mol. The van der Waals surface area contributed by atoms with Crippen LogP contribution in [0.1, 0.15) is 12.7 Å². The van der Waals surface area contributed by atoms with E-state index in [1.165, 1.54) is 12.1 Å². The molecule has 0 atom stereocenters. The van der Waals surface area contributed by atoms with Crippen LogP contribution in [0, 0.1) is 0 Å². The molecule has 2 N–H and O–H groups in total. The Hall–Kier alpha value is -2.77. The molecule has 0 aliphatic carbocycles. The van der Waals surface area contributed by atoms with Crippen LogP contribution in [0.2, 0.25) is 0 Å². The molecule has 0 fully saturated rings. The number of fused-ring (bicyclic) bond motifs is 1. The minimum Gasteiger partial charge on any atom is -0.494 e. The van der Waals surface area contributed by atoms with Crippen molar-refractivity contribution >= 4 is 26.7 Å². The molecule has 0 radical (unpaired) electrons. The molecule has 0 aliphatic heterocycles. The van der Waals surface area contributed by atoms with Crippen molar-refractivity contribution in [1.82, 2.24) is 10.3 Å². The Labute approximate surface area is 146 Å². The molecule has 0 saturated carbocycles. The standard InChI is InChI=1S/C18H18N2O4S/c1-3-23-15-8-10-16(11-9-15)25(21,22)20-19-13(2)18-12-14-6-4-5-7-17(14)24-18/h4-12,19-20H,2-3H2,1H3. The minimum atomic E-state index is -3.74. The molecular weight excluding hydrogens is 340 g/mol. The second-order valence-corrected chi connectivity index (χ2v) is 6.94. The summed E-state index contributed by atoms with van der Waals surface area (Å²) in [6.45, 7) is 6.18. The lowest BCUT2D eigenvalue weighted by Crippen LogP contribution is -2.35. The Morgan fingerprint density at radius 2 is 1.88 bits per heavy atom. The van der Waals surface area contributed by atoms with Crippen LogP contribution in [-0.4, -0.2) is 15.0 Å². The summed E-state index contributed by atoms with van der Waals surface area (Å²) < 4.78 is 35.6. The van der Waals surface area contributed by atoms with E-state index in [4.69, 9.17) is 9.15 Å². The lowest BCUT2D eigenvalue weighted by molar-refractivity contribution is 0.340. The summed E-state index contributed by atoms with van der Waals surface area (Å²) in [6, 6.07) is 15.4. The van der Waals surface area contributed by atoms with Gasteiger partial charge in [0.05, 0.1) is 17.2 Å². The Morgan fingerprint density at radius 1 is 1.16 bits per heavy atom. The molecule has 3 rings (SSSR count). The molecule has 3 aromatic rings. The zero-order valence-electron chi connectivity index (χ0n) is 13.7. The number of hydrogen-bond donors (Lipinski definition) is 2. The molecule has 0 bridgehead atoms. The fourth-order valence-corrected chi connectivity index (χ4v) is 3.13. The van der Waals surface area contributed by atoms with Crippen LogP contribution >= 0.6 is 0 Å². The smallest absolute Gasteiger partial charge is 0.257 e. The molecule has 7 heteroatoms. The summed E-state index contributed by atoms with van der Waals surface area (Å²) in [4.78, 5) is 2.40. The van der Waals surface area contributed by atoms with Crippen molar-refractivity contribution in [3.8, 4) is 5.75 Å². The number of hydrazine groups is 1. The quantitative estimate of drug-likeness (QED) is 0.634. The number of ether oxygens (including phenoxy) is 1. The van der Waals surface area contributed by atoms with Crippen molar-refractivity contribution in [2.75, 3.05) is 6.61 Å². The molecule has 0 spiro atoms. The van der Waals surface area contributed by atoms with Gasteiger partial charge in [-0.25, -0.2) is 8.42 Å². The van der Waals surface area contributed by atoms with Crippen LogP contribution in [-0.2, 0) is 10.0 Å². The molecule has 1 aromatic heterocycles. The van der Waals surface area contributed by atoms with Gasteiger partial charge in [0, 0.05) is 5.39 Å². The number of nitrogens with one attached hydrogen (secondary N) is 2. The Balaban J connectivity index is 1.69. The average molecular weight is 358 g/mol. The van der Waals surface area contributed by atoms with Gasteiger partial charge in [0.1, 0.15) is 11.3 Å². The van der Waals surface area contributed by atoms with Crippen LogP contribution in [0.15, 0.2) is 70.5 Å².